The van der Waals surface area contributed by atoms with Crippen LogP contribution < -0.4 is 4.74 Å². The van der Waals surface area contributed by atoms with Crippen LogP contribution in [0.5, 0.6) is 5.88 Å². The smallest absolute Gasteiger partial charge is 0.308 e. The van der Waals surface area contributed by atoms with E-state index < -0.39 is 11.9 Å². The van der Waals surface area contributed by atoms with Gasteiger partial charge >= 0.3 is 5.97 Å². The maximum Gasteiger partial charge on any atom is 0.308 e. The molecule has 1 atom stereocenters. The van der Waals surface area contributed by atoms with Crippen LogP contribution in [-0.4, -0.2) is 46.6 Å². The third kappa shape index (κ3) is 4.94. The van der Waals surface area contributed by atoms with Gasteiger partial charge in [0.25, 0.3) is 5.91 Å². The molecule has 0 saturated heterocycles. The average Bonchev–Trinajstić information content (AvgIpc) is 2.55. The van der Waals surface area contributed by atoms with Gasteiger partial charge in [-0.25, -0.2) is 4.98 Å². The van der Waals surface area contributed by atoms with E-state index in [1.54, 1.807) is 32.3 Å². The summed E-state index contributed by atoms with van der Waals surface area (Å²) in [5, 5.41) is 8.94. The molecule has 1 aromatic heterocycles. The minimum absolute atomic E-state index is 0.162. The molecule has 126 valence electrons. The highest BCUT2D eigenvalue weighted by Gasteiger charge is 2.20. The second-order valence-corrected chi connectivity index (χ2v) is 6.19. The molecule has 0 spiro atoms. The summed E-state index contributed by atoms with van der Waals surface area (Å²) in [4.78, 5) is 28.9. The summed E-state index contributed by atoms with van der Waals surface area (Å²) in [7, 11) is 1.60. The lowest BCUT2D eigenvalue weighted by Crippen LogP contribution is -2.33. The highest BCUT2D eigenvalue weighted by Crippen LogP contribution is 2.22. The molecule has 1 heterocycles. The van der Waals surface area contributed by atoms with E-state index in [1.807, 2.05) is 0 Å². The second-order valence-electron chi connectivity index (χ2n) is 6.19. The fraction of sp³-hybridized carbons (Fsp3) is 0.588. The van der Waals surface area contributed by atoms with Gasteiger partial charge in [0.2, 0.25) is 5.88 Å². The van der Waals surface area contributed by atoms with Crippen LogP contribution in [-0.2, 0) is 4.79 Å². The summed E-state index contributed by atoms with van der Waals surface area (Å²) in [6, 6.07) is 3.26. The van der Waals surface area contributed by atoms with E-state index in [0.717, 1.165) is 12.8 Å². The molecule has 23 heavy (non-hydrogen) atoms. The Kier molecular flexibility index (Phi) is 5.96. The van der Waals surface area contributed by atoms with E-state index in [0.29, 0.717) is 11.4 Å². The van der Waals surface area contributed by atoms with Crippen molar-refractivity contribution in [2.75, 3.05) is 13.6 Å². The van der Waals surface area contributed by atoms with Crippen molar-refractivity contribution >= 4 is 11.9 Å². The Labute approximate surface area is 136 Å². The molecule has 0 aliphatic heterocycles. The van der Waals surface area contributed by atoms with Crippen molar-refractivity contribution in [3.05, 3.63) is 23.9 Å². The van der Waals surface area contributed by atoms with Crippen LogP contribution in [0.25, 0.3) is 0 Å². The van der Waals surface area contributed by atoms with Crippen molar-refractivity contribution in [3.63, 3.8) is 0 Å². The number of carbonyl (C=O) groups excluding carboxylic acids is 1. The second kappa shape index (κ2) is 7.94. The topological polar surface area (TPSA) is 79.7 Å². The van der Waals surface area contributed by atoms with Crippen LogP contribution in [0.1, 0.15) is 49.4 Å². The summed E-state index contributed by atoms with van der Waals surface area (Å²) in [6.45, 7) is 1.74. The quantitative estimate of drug-likeness (QED) is 0.871. The van der Waals surface area contributed by atoms with Gasteiger partial charge in [-0.2, -0.15) is 0 Å². The third-order valence-electron chi connectivity index (χ3n) is 4.14. The summed E-state index contributed by atoms with van der Waals surface area (Å²) in [5.41, 5.74) is 0.464. The number of aromatic nitrogens is 1. The number of carboxylic acids is 1. The Hall–Kier alpha value is -2.11. The van der Waals surface area contributed by atoms with Crippen molar-refractivity contribution in [1.29, 1.82) is 0 Å². The lowest BCUT2D eigenvalue weighted by molar-refractivity contribution is -0.141. The molecule has 2 rings (SSSR count). The van der Waals surface area contributed by atoms with Crippen LogP contribution >= 0.6 is 0 Å². The first-order valence-corrected chi connectivity index (χ1v) is 8.08. The fourth-order valence-corrected chi connectivity index (χ4v) is 2.75. The molecule has 1 aromatic rings. The Balaban J connectivity index is 2.00. The zero-order valence-corrected chi connectivity index (χ0v) is 13.7. The Morgan fingerprint density at radius 1 is 1.39 bits per heavy atom. The van der Waals surface area contributed by atoms with Gasteiger partial charge in [0.15, 0.2) is 0 Å². The van der Waals surface area contributed by atoms with Crippen molar-refractivity contribution in [1.82, 2.24) is 9.88 Å². The van der Waals surface area contributed by atoms with Crippen LogP contribution in [0.4, 0.5) is 0 Å². The van der Waals surface area contributed by atoms with Crippen molar-refractivity contribution in [3.8, 4) is 5.88 Å². The molecule has 1 aliphatic rings. The van der Waals surface area contributed by atoms with Gasteiger partial charge in [0.05, 0.1) is 5.92 Å². The number of nitrogens with zero attached hydrogens (tertiary/aromatic N) is 2. The van der Waals surface area contributed by atoms with Crippen LogP contribution in [0, 0.1) is 5.92 Å². The molecule has 6 heteroatoms. The maximum atomic E-state index is 12.4. The van der Waals surface area contributed by atoms with E-state index in [-0.39, 0.29) is 18.6 Å². The van der Waals surface area contributed by atoms with Crippen molar-refractivity contribution in [2.45, 2.75) is 45.1 Å². The molecule has 1 amide bonds. The van der Waals surface area contributed by atoms with Crippen molar-refractivity contribution in [2.24, 2.45) is 5.92 Å². The number of hydrogen-bond acceptors (Lipinski definition) is 4. The molecule has 0 radical (unpaired) electrons. The number of hydrogen-bond donors (Lipinski definition) is 1. The van der Waals surface area contributed by atoms with Gasteiger partial charge in [-0.05, 0) is 31.7 Å². The molecule has 1 saturated carbocycles. The van der Waals surface area contributed by atoms with Crippen LogP contribution in [0.15, 0.2) is 18.3 Å². The van der Waals surface area contributed by atoms with E-state index >= 15 is 0 Å². The predicted octanol–water partition coefficient (Wildman–Crippen LogP) is 2.59. The standard InChI is InChI=1S/C17H24N2O4/c1-12(17(21)22)11-19(2)16(20)13-8-9-18-15(10-13)23-14-6-4-3-5-7-14/h8-10,12,14H,3-7,11H2,1-2H3,(H,21,22). The average molecular weight is 320 g/mol. The first-order valence-electron chi connectivity index (χ1n) is 8.08. The molecule has 1 fully saturated rings. The van der Waals surface area contributed by atoms with E-state index in [4.69, 9.17) is 9.84 Å². The van der Waals surface area contributed by atoms with Gasteiger partial charge in [-0.3, -0.25) is 9.59 Å². The number of aliphatic carboxylic acids is 1. The van der Waals surface area contributed by atoms with Gasteiger partial charge in [0.1, 0.15) is 6.10 Å². The molecule has 1 N–H and O–H groups in total. The first kappa shape index (κ1) is 17.2. The van der Waals surface area contributed by atoms with Gasteiger partial charge < -0.3 is 14.7 Å². The van der Waals surface area contributed by atoms with Gasteiger partial charge in [0, 0.05) is 31.4 Å². The van der Waals surface area contributed by atoms with E-state index in [2.05, 4.69) is 4.98 Å². The molecule has 6 nitrogen and oxygen atoms in total. The normalized spacial score (nSPS) is 16.6. The van der Waals surface area contributed by atoms with Crippen molar-refractivity contribution < 1.29 is 19.4 Å². The number of carboxylic acid groups (broad SMARTS) is 1. The lowest BCUT2D eigenvalue weighted by atomic mass is 9.98. The number of pyridine rings is 1. The summed E-state index contributed by atoms with van der Waals surface area (Å²) >= 11 is 0. The number of amides is 1. The summed E-state index contributed by atoms with van der Waals surface area (Å²) in [6.07, 6.45) is 7.36. The Bertz CT molecular complexity index is 555. The highest BCUT2D eigenvalue weighted by atomic mass is 16.5. The third-order valence-corrected chi connectivity index (χ3v) is 4.14. The Morgan fingerprint density at radius 3 is 2.74 bits per heavy atom. The predicted molar refractivity (Wildman–Crippen MR) is 85.5 cm³/mol. The zero-order valence-electron chi connectivity index (χ0n) is 13.7. The minimum atomic E-state index is -0.916. The summed E-state index contributed by atoms with van der Waals surface area (Å²) in [5.74, 6) is -1.29. The maximum absolute atomic E-state index is 12.4. The van der Waals surface area contributed by atoms with Gasteiger partial charge in [-0.1, -0.05) is 13.3 Å². The molecule has 0 bridgehead atoms. The monoisotopic (exact) mass is 320 g/mol. The van der Waals surface area contributed by atoms with Gasteiger partial charge in [-0.15, -0.1) is 0 Å². The molecule has 1 unspecified atom stereocenters. The molecular weight excluding hydrogens is 296 g/mol. The van der Waals surface area contributed by atoms with Crippen LogP contribution in [0.2, 0.25) is 0 Å². The minimum Gasteiger partial charge on any atom is -0.481 e. The molecular formula is C17H24N2O4. The number of rotatable bonds is 6. The Morgan fingerprint density at radius 2 is 2.09 bits per heavy atom. The summed E-state index contributed by atoms with van der Waals surface area (Å²) < 4.78 is 5.87. The SMILES string of the molecule is CC(CN(C)C(=O)c1ccnc(OC2CCCCC2)c1)C(=O)O. The molecule has 0 aromatic carbocycles. The van der Waals surface area contributed by atoms with Crippen LogP contribution in [0.3, 0.4) is 0 Å². The number of ether oxygens (including phenoxy) is 1. The largest absolute Gasteiger partial charge is 0.481 e. The van der Waals surface area contributed by atoms with E-state index in [9.17, 15) is 9.59 Å². The first-order chi connectivity index (χ1) is 11.0. The zero-order chi connectivity index (χ0) is 16.8. The lowest BCUT2D eigenvalue weighted by Gasteiger charge is -2.23. The number of carbonyl (C=O) groups is 2. The van der Waals surface area contributed by atoms with E-state index in [1.165, 1.54) is 24.2 Å². The highest BCUT2D eigenvalue weighted by molar-refractivity contribution is 5.94. The molecule has 1 aliphatic carbocycles. The fourth-order valence-electron chi connectivity index (χ4n) is 2.75.